The van der Waals surface area contributed by atoms with Gasteiger partial charge in [0.05, 0.1) is 12.1 Å². The lowest BCUT2D eigenvalue weighted by atomic mass is 9.94. The van der Waals surface area contributed by atoms with Crippen LogP contribution in [-0.2, 0) is 22.4 Å². The van der Waals surface area contributed by atoms with Crippen molar-refractivity contribution in [2.75, 3.05) is 0 Å². The minimum absolute atomic E-state index is 0.0237. The summed E-state index contributed by atoms with van der Waals surface area (Å²) < 4.78 is 0. The van der Waals surface area contributed by atoms with Crippen LogP contribution in [0.15, 0.2) is 48.5 Å². The van der Waals surface area contributed by atoms with Crippen molar-refractivity contribution in [2.24, 2.45) is 5.73 Å². The van der Waals surface area contributed by atoms with Crippen LogP contribution in [0.1, 0.15) is 29.8 Å². The Balaban J connectivity index is 1.36. The number of amides is 2. The lowest BCUT2D eigenvalue weighted by molar-refractivity contribution is -0.130. The number of hydrogen-bond acceptors (Lipinski definition) is 5. The molecule has 2 aromatic carbocycles. The van der Waals surface area contributed by atoms with Gasteiger partial charge in [0.25, 0.3) is 11.8 Å². The molecule has 2 amide bonds. The van der Waals surface area contributed by atoms with Crippen molar-refractivity contribution >= 4 is 22.7 Å². The van der Waals surface area contributed by atoms with Crippen molar-refractivity contribution in [3.8, 4) is 5.75 Å². The number of carbonyl (C=O) groups is 2. The Morgan fingerprint density at radius 1 is 1.17 bits per heavy atom. The zero-order chi connectivity index (χ0) is 21.3. The molecule has 4 rings (SSSR count). The minimum atomic E-state index is -0.826. The van der Waals surface area contributed by atoms with Crippen molar-refractivity contribution in [2.45, 2.75) is 37.9 Å². The Morgan fingerprint density at radius 3 is 2.67 bits per heavy atom. The normalized spacial score (nSPS) is 19.1. The smallest absolute Gasteiger partial charge is 0.255 e. The predicted octanol–water partition coefficient (Wildman–Crippen LogP) is 1.17. The fraction of sp³-hybridized carbons (Fsp3) is 0.273. The highest BCUT2D eigenvalue weighted by Gasteiger charge is 2.31. The van der Waals surface area contributed by atoms with Gasteiger partial charge in [0.15, 0.2) is 0 Å². The van der Waals surface area contributed by atoms with Crippen LogP contribution in [0.5, 0.6) is 5.75 Å². The van der Waals surface area contributed by atoms with Gasteiger partial charge in [-0.2, -0.15) is 0 Å². The van der Waals surface area contributed by atoms with Crippen molar-refractivity contribution < 1.29 is 14.7 Å². The number of aromatic amines is 1. The SMILES string of the molecule is C[C@@H]1N[C@H](C(=O)NNC(=O)[C@@H](N)Cc2ccc(O)cc2)Cc2c1[nH]c1ccccc21. The van der Waals surface area contributed by atoms with E-state index in [0.717, 1.165) is 27.7 Å². The van der Waals surface area contributed by atoms with Gasteiger partial charge in [-0.25, -0.2) is 0 Å². The average Bonchev–Trinajstić information content (AvgIpc) is 3.12. The largest absolute Gasteiger partial charge is 0.508 e. The quantitative estimate of drug-likeness (QED) is 0.361. The number of phenolic OH excluding ortho intramolecular Hbond substituents is 1. The van der Waals surface area contributed by atoms with E-state index in [-0.39, 0.29) is 17.7 Å². The number of fused-ring (bicyclic) bond motifs is 3. The molecule has 0 saturated carbocycles. The molecule has 0 radical (unpaired) electrons. The molecule has 0 saturated heterocycles. The van der Waals surface area contributed by atoms with Gasteiger partial charge in [-0.3, -0.25) is 25.8 Å². The van der Waals surface area contributed by atoms with Crippen molar-refractivity contribution in [1.29, 1.82) is 0 Å². The van der Waals surface area contributed by atoms with Crippen LogP contribution >= 0.6 is 0 Å². The molecule has 1 aliphatic rings. The fourth-order valence-corrected chi connectivity index (χ4v) is 3.91. The van der Waals surface area contributed by atoms with Crippen LogP contribution in [0.2, 0.25) is 0 Å². The van der Waals surface area contributed by atoms with Gasteiger partial charge in [-0.05, 0) is 49.1 Å². The van der Waals surface area contributed by atoms with E-state index in [0.29, 0.717) is 12.8 Å². The zero-order valence-corrected chi connectivity index (χ0v) is 16.6. The summed E-state index contributed by atoms with van der Waals surface area (Å²) in [5.74, 6) is -0.646. The van der Waals surface area contributed by atoms with Gasteiger partial charge in [-0.1, -0.05) is 30.3 Å². The second-order valence-electron chi connectivity index (χ2n) is 7.66. The number of H-pyrrole nitrogens is 1. The number of phenols is 1. The molecule has 30 heavy (non-hydrogen) atoms. The number of aromatic nitrogens is 1. The van der Waals surface area contributed by atoms with E-state index in [4.69, 9.17) is 5.73 Å². The summed E-state index contributed by atoms with van der Waals surface area (Å²) in [6.07, 6.45) is 0.810. The van der Waals surface area contributed by atoms with Crippen LogP contribution in [0, 0.1) is 0 Å². The molecule has 0 fully saturated rings. The summed E-state index contributed by atoms with van der Waals surface area (Å²) in [5, 5.41) is 13.7. The molecule has 7 N–H and O–H groups in total. The minimum Gasteiger partial charge on any atom is -0.508 e. The summed E-state index contributed by atoms with van der Waals surface area (Å²) >= 11 is 0. The Labute approximate surface area is 173 Å². The summed E-state index contributed by atoms with van der Waals surface area (Å²) in [7, 11) is 0. The first-order chi connectivity index (χ1) is 14.4. The lowest BCUT2D eigenvalue weighted by Gasteiger charge is -2.28. The van der Waals surface area contributed by atoms with E-state index < -0.39 is 18.0 Å². The van der Waals surface area contributed by atoms with Crippen LogP contribution in [0.25, 0.3) is 10.9 Å². The molecule has 3 aromatic rings. The molecule has 8 nitrogen and oxygen atoms in total. The number of nitrogens with two attached hydrogens (primary N) is 1. The number of rotatable bonds is 4. The number of aromatic hydroxyl groups is 1. The van der Waals surface area contributed by atoms with E-state index in [9.17, 15) is 14.7 Å². The average molecular weight is 407 g/mol. The molecule has 0 unspecified atom stereocenters. The number of hydrogen-bond donors (Lipinski definition) is 6. The Kier molecular flexibility index (Phi) is 5.43. The van der Waals surface area contributed by atoms with E-state index >= 15 is 0 Å². The van der Waals surface area contributed by atoms with Gasteiger partial charge in [-0.15, -0.1) is 0 Å². The Morgan fingerprint density at radius 2 is 1.90 bits per heavy atom. The van der Waals surface area contributed by atoms with E-state index in [1.807, 2.05) is 31.2 Å². The van der Waals surface area contributed by atoms with Gasteiger partial charge >= 0.3 is 0 Å². The second-order valence-corrected chi connectivity index (χ2v) is 7.66. The maximum absolute atomic E-state index is 12.7. The summed E-state index contributed by atoms with van der Waals surface area (Å²) in [4.78, 5) is 28.4. The van der Waals surface area contributed by atoms with E-state index in [1.165, 1.54) is 12.1 Å². The van der Waals surface area contributed by atoms with E-state index in [2.05, 4.69) is 21.2 Å². The van der Waals surface area contributed by atoms with Crippen molar-refractivity contribution in [1.82, 2.24) is 21.2 Å². The number of para-hydroxylation sites is 1. The number of benzene rings is 2. The third-order valence-corrected chi connectivity index (χ3v) is 5.49. The first-order valence-corrected chi connectivity index (χ1v) is 9.91. The highest BCUT2D eigenvalue weighted by Crippen LogP contribution is 2.31. The number of carbonyl (C=O) groups excluding carboxylic acids is 2. The van der Waals surface area contributed by atoms with Crippen LogP contribution in [0.4, 0.5) is 0 Å². The molecule has 1 aromatic heterocycles. The Hall–Kier alpha value is -3.36. The van der Waals surface area contributed by atoms with Gasteiger partial charge in [0.2, 0.25) is 0 Å². The third-order valence-electron chi connectivity index (χ3n) is 5.49. The molecule has 3 atom stereocenters. The number of nitrogens with one attached hydrogen (secondary N) is 4. The van der Waals surface area contributed by atoms with Gasteiger partial charge < -0.3 is 15.8 Å². The molecule has 156 valence electrons. The number of hydrazine groups is 1. The predicted molar refractivity (Wildman–Crippen MR) is 113 cm³/mol. The van der Waals surface area contributed by atoms with Gasteiger partial charge in [0, 0.05) is 22.6 Å². The van der Waals surface area contributed by atoms with Crippen molar-refractivity contribution in [3.63, 3.8) is 0 Å². The molecular formula is C22H25N5O3. The first-order valence-electron chi connectivity index (χ1n) is 9.91. The summed E-state index contributed by atoms with van der Waals surface area (Å²) in [6.45, 7) is 2.00. The third kappa shape index (κ3) is 4.00. The standard InChI is InChI=1S/C22H25N5O3/c1-12-20-16(15-4-2-3-5-18(15)25-20)11-19(24-12)22(30)27-26-21(29)17(23)10-13-6-8-14(28)9-7-13/h2-9,12,17,19,24-25,28H,10-11,23H2,1H3,(H,26,29)(H,27,30)/t12-,17-,19-/m0/s1. The maximum atomic E-state index is 12.7. The molecule has 0 bridgehead atoms. The van der Waals surface area contributed by atoms with Crippen LogP contribution < -0.4 is 21.9 Å². The topological polar surface area (TPSA) is 132 Å². The highest BCUT2D eigenvalue weighted by molar-refractivity contribution is 5.90. The fourth-order valence-electron chi connectivity index (χ4n) is 3.91. The summed E-state index contributed by atoms with van der Waals surface area (Å²) in [5.41, 5.74) is 14.9. The first kappa shape index (κ1) is 19.9. The lowest BCUT2D eigenvalue weighted by Crippen LogP contribution is -2.56. The van der Waals surface area contributed by atoms with Crippen molar-refractivity contribution in [3.05, 3.63) is 65.4 Å². The molecule has 0 spiro atoms. The van der Waals surface area contributed by atoms with Crippen LogP contribution in [-0.4, -0.2) is 34.0 Å². The maximum Gasteiger partial charge on any atom is 0.255 e. The molecule has 1 aliphatic heterocycles. The molecule has 0 aliphatic carbocycles. The molecule has 8 heteroatoms. The Bertz CT molecular complexity index is 1080. The van der Waals surface area contributed by atoms with Crippen LogP contribution in [0.3, 0.4) is 0 Å². The second kappa shape index (κ2) is 8.17. The zero-order valence-electron chi connectivity index (χ0n) is 16.6. The van der Waals surface area contributed by atoms with E-state index in [1.54, 1.807) is 12.1 Å². The molecule has 2 heterocycles. The van der Waals surface area contributed by atoms with Gasteiger partial charge in [0.1, 0.15) is 5.75 Å². The monoisotopic (exact) mass is 407 g/mol. The summed E-state index contributed by atoms with van der Waals surface area (Å²) in [6, 6.07) is 13.2. The molecular weight excluding hydrogens is 382 g/mol. The highest BCUT2D eigenvalue weighted by atomic mass is 16.3.